The Morgan fingerprint density at radius 2 is 2.52 bits per heavy atom. The first-order valence-corrected chi connectivity index (χ1v) is 8.15. The first-order valence-electron chi connectivity index (χ1n) is 7.21. The lowest BCUT2D eigenvalue weighted by Gasteiger charge is -2.10. The Kier molecular flexibility index (Phi) is 4.36. The highest BCUT2D eigenvalue weighted by Crippen LogP contribution is 2.23. The first kappa shape index (κ1) is 14.3. The number of hydrogen-bond donors (Lipinski definition) is 2. The number of aromatic nitrogens is 1. The molecule has 1 unspecified atom stereocenters. The summed E-state index contributed by atoms with van der Waals surface area (Å²) in [7, 11) is 0. The Balaban J connectivity index is 1.58. The fourth-order valence-corrected chi connectivity index (χ4v) is 3.11. The largest absolute Gasteiger partial charge is 0.441 e. The molecule has 2 N–H and O–H groups in total. The second-order valence-electron chi connectivity index (χ2n) is 5.31. The van der Waals surface area contributed by atoms with E-state index in [9.17, 15) is 4.79 Å². The van der Waals surface area contributed by atoms with E-state index < -0.39 is 0 Å². The van der Waals surface area contributed by atoms with Crippen LogP contribution in [0.2, 0.25) is 0 Å². The van der Waals surface area contributed by atoms with Crippen LogP contribution >= 0.6 is 11.3 Å². The van der Waals surface area contributed by atoms with Crippen LogP contribution in [0, 0.1) is 6.92 Å². The summed E-state index contributed by atoms with van der Waals surface area (Å²) in [6, 6.07) is 2.37. The van der Waals surface area contributed by atoms with Crippen molar-refractivity contribution in [3.8, 4) is 11.5 Å². The minimum absolute atomic E-state index is 0.00281. The molecule has 0 radical (unpaired) electrons. The Labute approximate surface area is 127 Å². The van der Waals surface area contributed by atoms with Crippen molar-refractivity contribution in [1.29, 1.82) is 0 Å². The molecule has 1 amide bonds. The van der Waals surface area contributed by atoms with Crippen LogP contribution in [0.5, 0.6) is 0 Å². The smallest absolute Gasteiger partial charge is 0.227 e. The van der Waals surface area contributed by atoms with Crippen molar-refractivity contribution in [3.63, 3.8) is 0 Å². The lowest BCUT2D eigenvalue weighted by atomic mass is 10.2. The Morgan fingerprint density at radius 1 is 1.62 bits per heavy atom. The quantitative estimate of drug-likeness (QED) is 0.888. The maximum atomic E-state index is 12.0. The molecule has 0 aliphatic carbocycles. The summed E-state index contributed by atoms with van der Waals surface area (Å²) in [5.74, 6) is 1.30. The van der Waals surface area contributed by atoms with Crippen molar-refractivity contribution in [3.05, 3.63) is 28.3 Å². The lowest BCUT2D eigenvalue weighted by Crippen LogP contribution is -2.37. The third-order valence-corrected chi connectivity index (χ3v) is 4.38. The summed E-state index contributed by atoms with van der Waals surface area (Å²) in [6.45, 7) is 3.59. The Morgan fingerprint density at radius 3 is 3.24 bits per heavy atom. The van der Waals surface area contributed by atoms with E-state index in [1.165, 1.54) is 6.42 Å². The zero-order valence-electron chi connectivity index (χ0n) is 12.0. The molecule has 1 saturated heterocycles. The van der Waals surface area contributed by atoms with Gasteiger partial charge in [0.05, 0.1) is 12.1 Å². The van der Waals surface area contributed by atoms with Crippen molar-refractivity contribution in [1.82, 2.24) is 15.6 Å². The maximum absolute atomic E-state index is 12.0. The van der Waals surface area contributed by atoms with Crippen molar-refractivity contribution in [2.24, 2.45) is 0 Å². The molecular formula is C15H19N3O2S. The SMILES string of the molecule is Cc1oc(-c2ccsc2)nc1CC(=O)NCC1CCCN1. The van der Waals surface area contributed by atoms with Crippen molar-refractivity contribution >= 4 is 17.2 Å². The molecule has 2 aromatic heterocycles. The summed E-state index contributed by atoms with van der Waals surface area (Å²) in [4.78, 5) is 16.4. The number of amides is 1. The van der Waals surface area contributed by atoms with Gasteiger partial charge in [-0.15, -0.1) is 0 Å². The van der Waals surface area contributed by atoms with E-state index >= 15 is 0 Å². The van der Waals surface area contributed by atoms with E-state index in [0.29, 0.717) is 29.9 Å². The molecule has 3 rings (SSSR count). The van der Waals surface area contributed by atoms with Crippen molar-refractivity contribution < 1.29 is 9.21 Å². The summed E-state index contributed by atoms with van der Waals surface area (Å²) >= 11 is 1.60. The van der Waals surface area contributed by atoms with Gasteiger partial charge in [-0.2, -0.15) is 11.3 Å². The Bertz CT molecular complexity index is 600. The molecule has 0 bridgehead atoms. The zero-order chi connectivity index (χ0) is 14.7. The van der Waals surface area contributed by atoms with Crippen molar-refractivity contribution in [2.45, 2.75) is 32.2 Å². The molecule has 1 fully saturated rings. The average Bonchev–Trinajstić information content (AvgIpc) is 3.18. The topological polar surface area (TPSA) is 67.2 Å². The van der Waals surface area contributed by atoms with Gasteiger partial charge in [0, 0.05) is 23.5 Å². The molecule has 21 heavy (non-hydrogen) atoms. The predicted octanol–water partition coefficient (Wildman–Crippen LogP) is 2.12. The first-order chi connectivity index (χ1) is 10.2. The van der Waals surface area contributed by atoms with E-state index in [1.807, 2.05) is 23.8 Å². The molecule has 6 heteroatoms. The average molecular weight is 305 g/mol. The van der Waals surface area contributed by atoms with Gasteiger partial charge >= 0.3 is 0 Å². The fraction of sp³-hybridized carbons (Fsp3) is 0.467. The number of hydrogen-bond acceptors (Lipinski definition) is 5. The number of aryl methyl sites for hydroxylation is 1. The maximum Gasteiger partial charge on any atom is 0.227 e. The number of carbonyl (C=O) groups is 1. The number of nitrogens with one attached hydrogen (secondary N) is 2. The minimum Gasteiger partial charge on any atom is -0.441 e. The summed E-state index contributed by atoms with van der Waals surface area (Å²) in [5.41, 5.74) is 1.68. The van der Waals surface area contributed by atoms with Gasteiger partial charge in [0.15, 0.2) is 0 Å². The van der Waals surface area contributed by atoms with Crippen LogP contribution in [0.3, 0.4) is 0 Å². The molecule has 1 atom stereocenters. The Hall–Kier alpha value is -1.66. The molecule has 112 valence electrons. The molecule has 2 aromatic rings. The fourth-order valence-electron chi connectivity index (χ4n) is 2.48. The second-order valence-corrected chi connectivity index (χ2v) is 6.09. The molecular weight excluding hydrogens is 286 g/mol. The number of carbonyl (C=O) groups excluding carboxylic acids is 1. The van der Waals surface area contributed by atoms with Gasteiger partial charge in [-0.3, -0.25) is 4.79 Å². The third kappa shape index (κ3) is 3.51. The van der Waals surface area contributed by atoms with E-state index in [4.69, 9.17) is 4.42 Å². The summed E-state index contributed by atoms with van der Waals surface area (Å²) in [6.07, 6.45) is 2.59. The van der Waals surface area contributed by atoms with Gasteiger partial charge in [-0.05, 0) is 37.8 Å². The van der Waals surface area contributed by atoms with Crippen LogP contribution in [-0.2, 0) is 11.2 Å². The third-order valence-electron chi connectivity index (χ3n) is 3.70. The van der Waals surface area contributed by atoms with E-state index in [-0.39, 0.29) is 12.3 Å². The molecule has 0 saturated carbocycles. The predicted molar refractivity (Wildman–Crippen MR) is 82.3 cm³/mol. The number of thiophene rings is 1. The standard InChI is InChI=1S/C15H19N3O2S/c1-10-13(18-15(20-10)11-4-6-21-9-11)7-14(19)17-8-12-3-2-5-16-12/h4,6,9,12,16H,2-3,5,7-8H2,1H3,(H,17,19). The number of rotatable bonds is 5. The minimum atomic E-state index is -0.00281. The van der Waals surface area contributed by atoms with Gasteiger partial charge in [-0.1, -0.05) is 0 Å². The lowest BCUT2D eigenvalue weighted by molar-refractivity contribution is -0.120. The highest BCUT2D eigenvalue weighted by molar-refractivity contribution is 7.08. The van der Waals surface area contributed by atoms with Gasteiger partial charge < -0.3 is 15.1 Å². The zero-order valence-corrected chi connectivity index (χ0v) is 12.8. The molecule has 3 heterocycles. The molecule has 0 aromatic carbocycles. The van der Waals surface area contributed by atoms with E-state index in [2.05, 4.69) is 15.6 Å². The van der Waals surface area contributed by atoms with Crippen molar-refractivity contribution in [2.75, 3.05) is 13.1 Å². The summed E-state index contributed by atoms with van der Waals surface area (Å²) in [5, 5.41) is 10.3. The van der Waals surface area contributed by atoms with Crippen LogP contribution in [0.25, 0.3) is 11.5 Å². The van der Waals surface area contributed by atoms with E-state index in [1.54, 1.807) is 11.3 Å². The molecule has 0 spiro atoms. The summed E-state index contributed by atoms with van der Waals surface area (Å²) < 4.78 is 5.64. The van der Waals surface area contributed by atoms with Gasteiger partial charge in [0.25, 0.3) is 0 Å². The van der Waals surface area contributed by atoms with Gasteiger partial charge in [0.2, 0.25) is 11.8 Å². The van der Waals surface area contributed by atoms with Crippen LogP contribution in [0.4, 0.5) is 0 Å². The molecule has 5 nitrogen and oxygen atoms in total. The number of oxazole rings is 1. The highest BCUT2D eigenvalue weighted by atomic mass is 32.1. The van der Waals surface area contributed by atoms with E-state index in [0.717, 1.165) is 18.5 Å². The van der Waals surface area contributed by atoms with Crippen LogP contribution < -0.4 is 10.6 Å². The second kappa shape index (κ2) is 6.41. The highest BCUT2D eigenvalue weighted by Gasteiger charge is 2.17. The van der Waals surface area contributed by atoms with Crippen LogP contribution in [0.1, 0.15) is 24.3 Å². The molecule has 1 aliphatic rings. The normalized spacial score (nSPS) is 18.0. The van der Waals surface area contributed by atoms with Gasteiger partial charge in [0.1, 0.15) is 5.76 Å². The number of nitrogens with zero attached hydrogens (tertiary/aromatic N) is 1. The van der Waals surface area contributed by atoms with Crippen LogP contribution in [0.15, 0.2) is 21.2 Å². The molecule has 1 aliphatic heterocycles. The van der Waals surface area contributed by atoms with Crippen LogP contribution in [-0.4, -0.2) is 30.0 Å². The van der Waals surface area contributed by atoms with Gasteiger partial charge in [-0.25, -0.2) is 4.98 Å². The monoisotopic (exact) mass is 305 g/mol.